The molecular weight excluding hydrogens is 311 g/mol. The van der Waals surface area contributed by atoms with Crippen molar-refractivity contribution in [3.63, 3.8) is 0 Å². The molecule has 0 spiro atoms. The van der Waals surface area contributed by atoms with Crippen molar-refractivity contribution in [2.45, 2.75) is 19.0 Å². The molecule has 0 radical (unpaired) electrons. The maximum atomic E-state index is 12.6. The van der Waals surface area contributed by atoms with Gasteiger partial charge in [-0.15, -0.1) is 0 Å². The average molecular weight is 315 g/mol. The molecule has 0 aliphatic rings. The highest BCUT2D eigenvalue weighted by Crippen LogP contribution is 2.41. The Bertz CT molecular complexity index is 464. The van der Waals surface area contributed by atoms with Gasteiger partial charge in [0.1, 0.15) is 0 Å². The number of hydrogen-bond acceptors (Lipinski definition) is 2. The van der Waals surface area contributed by atoms with Gasteiger partial charge in [-0.05, 0) is 15.9 Å². The Kier molecular flexibility index (Phi) is 4.03. The summed E-state index contributed by atoms with van der Waals surface area (Å²) in [5, 5.41) is 8.38. The number of hydrogen-bond donors (Lipinski definition) is 0. The molecule has 0 amide bonds. The predicted molar refractivity (Wildman–Crippen MR) is 51.2 cm³/mol. The lowest BCUT2D eigenvalue weighted by molar-refractivity contribution is -0.140. The Morgan fingerprint density at radius 2 is 2.00 bits per heavy atom. The smallest absolute Gasteiger partial charge is 0.258 e. The molecule has 1 heterocycles. The summed E-state index contributed by atoms with van der Waals surface area (Å²) >= 11 is 2.57. The quantitative estimate of drug-likeness (QED) is 0.777. The second kappa shape index (κ2) is 4.96. The monoisotopic (exact) mass is 314 g/mol. The molecular formula is C9H4BrF5N2. The topological polar surface area (TPSA) is 36.7 Å². The minimum Gasteiger partial charge on any atom is -0.258 e. The Morgan fingerprint density at radius 3 is 2.41 bits per heavy atom. The van der Waals surface area contributed by atoms with E-state index >= 15 is 0 Å². The summed E-state index contributed by atoms with van der Waals surface area (Å²) < 4.78 is 62.1. The highest BCUT2D eigenvalue weighted by atomic mass is 79.9. The van der Waals surface area contributed by atoms with E-state index in [1.54, 1.807) is 6.07 Å². The minimum absolute atomic E-state index is 0.218. The van der Waals surface area contributed by atoms with Crippen molar-refractivity contribution in [2.24, 2.45) is 0 Å². The zero-order valence-electron chi connectivity index (χ0n) is 8.02. The van der Waals surface area contributed by atoms with Crippen molar-refractivity contribution in [2.75, 3.05) is 0 Å². The maximum absolute atomic E-state index is 12.6. The summed E-state index contributed by atoms with van der Waals surface area (Å²) in [6.07, 6.45) is -8.16. The molecule has 0 saturated heterocycles. The standard InChI is InChI=1S/C9H4BrF5N2/c10-7-5(1-2-16)17-3-4(8(11)12)6(7)9(13,14)15/h3,8H,1H2. The van der Waals surface area contributed by atoms with E-state index in [0.717, 1.165) is 0 Å². The fraction of sp³-hybridized carbons (Fsp3) is 0.333. The Balaban J connectivity index is 3.49. The van der Waals surface area contributed by atoms with Crippen LogP contribution in [-0.4, -0.2) is 4.98 Å². The zero-order valence-corrected chi connectivity index (χ0v) is 9.61. The second-order valence-corrected chi connectivity index (χ2v) is 3.78. The third-order valence-corrected chi connectivity index (χ3v) is 2.74. The molecule has 2 nitrogen and oxygen atoms in total. The molecule has 0 atom stereocenters. The molecule has 1 rings (SSSR count). The first-order valence-electron chi connectivity index (χ1n) is 4.18. The second-order valence-electron chi connectivity index (χ2n) is 2.98. The fourth-order valence-electron chi connectivity index (χ4n) is 1.19. The molecule has 92 valence electrons. The van der Waals surface area contributed by atoms with Crippen LogP contribution in [0.5, 0.6) is 0 Å². The van der Waals surface area contributed by atoms with Gasteiger partial charge in [0.05, 0.1) is 28.2 Å². The van der Waals surface area contributed by atoms with Crippen LogP contribution in [0.4, 0.5) is 22.0 Å². The van der Waals surface area contributed by atoms with Crippen molar-refractivity contribution >= 4 is 15.9 Å². The van der Waals surface area contributed by atoms with Gasteiger partial charge in [-0.3, -0.25) is 4.98 Å². The van der Waals surface area contributed by atoms with Gasteiger partial charge in [-0.25, -0.2) is 8.78 Å². The van der Waals surface area contributed by atoms with E-state index in [1.165, 1.54) is 0 Å². The summed E-state index contributed by atoms with van der Waals surface area (Å²) in [6.45, 7) is 0. The normalized spacial score (nSPS) is 11.6. The lowest BCUT2D eigenvalue weighted by atomic mass is 10.1. The average Bonchev–Trinajstić information content (AvgIpc) is 2.18. The number of nitrogens with zero attached hydrogens (tertiary/aromatic N) is 2. The predicted octanol–water partition coefficient (Wildman–Crippen LogP) is 3.87. The van der Waals surface area contributed by atoms with Crippen LogP contribution in [0.1, 0.15) is 23.2 Å². The zero-order chi connectivity index (χ0) is 13.2. The summed E-state index contributed by atoms with van der Waals surface area (Å²) in [5.41, 5.74) is -2.90. The lowest BCUT2D eigenvalue weighted by Crippen LogP contribution is -2.13. The van der Waals surface area contributed by atoms with Gasteiger partial charge in [0.2, 0.25) is 0 Å². The van der Waals surface area contributed by atoms with Crippen LogP contribution in [-0.2, 0) is 12.6 Å². The van der Waals surface area contributed by atoms with E-state index in [2.05, 4.69) is 20.9 Å². The number of pyridine rings is 1. The van der Waals surface area contributed by atoms with Crippen molar-refractivity contribution in [3.8, 4) is 6.07 Å². The molecule has 0 aromatic carbocycles. The maximum Gasteiger partial charge on any atom is 0.418 e. The van der Waals surface area contributed by atoms with Gasteiger partial charge < -0.3 is 0 Å². The Hall–Kier alpha value is -1.23. The molecule has 17 heavy (non-hydrogen) atoms. The number of rotatable bonds is 2. The first-order valence-corrected chi connectivity index (χ1v) is 4.98. The fourth-order valence-corrected chi connectivity index (χ4v) is 1.89. The van der Waals surface area contributed by atoms with E-state index in [4.69, 9.17) is 5.26 Å². The van der Waals surface area contributed by atoms with Gasteiger partial charge in [0.25, 0.3) is 6.43 Å². The number of alkyl halides is 5. The molecule has 8 heteroatoms. The van der Waals surface area contributed by atoms with E-state index in [1.807, 2.05) is 0 Å². The van der Waals surface area contributed by atoms with Crippen LogP contribution in [0.15, 0.2) is 10.7 Å². The highest BCUT2D eigenvalue weighted by Gasteiger charge is 2.39. The SMILES string of the molecule is N#CCc1ncc(C(F)F)c(C(F)(F)F)c1Br. The molecule has 0 aliphatic carbocycles. The van der Waals surface area contributed by atoms with E-state index < -0.39 is 34.6 Å². The first-order chi connectivity index (χ1) is 7.79. The van der Waals surface area contributed by atoms with Crippen molar-refractivity contribution in [3.05, 3.63) is 27.5 Å². The Labute approximate surface area is 101 Å². The number of aromatic nitrogens is 1. The largest absolute Gasteiger partial charge is 0.418 e. The summed E-state index contributed by atoms with van der Waals surface area (Å²) in [6, 6.07) is 1.60. The highest BCUT2D eigenvalue weighted by molar-refractivity contribution is 9.10. The molecule has 0 aliphatic heterocycles. The Morgan fingerprint density at radius 1 is 1.41 bits per heavy atom. The lowest BCUT2D eigenvalue weighted by Gasteiger charge is -2.15. The van der Waals surface area contributed by atoms with Crippen LogP contribution < -0.4 is 0 Å². The van der Waals surface area contributed by atoms with Gasteiger partial charge in [0.15, 0.2) is 0 Å². The molecule has 0 fully saturated rings. The summed E-state index contributed by atoms with van der Waals surface area (Å²) in [7, 11) is 0. The molecule has 0 N–H and O–H groups in total. The van der Waals surface area contributed by atoms with Crippen LogP contribution in [0.25, 0.3) is 0 Å². The van der Waals surface area contributed by atoms with E-state index in [0.29, 0.717) is 6.20 Å². The van der Waals surface area contributed by atoms with E-state index in [-0.39, 0.29) is 5.69 Å². The number of nitriles is 1. The molecule has 1 aromatic rings. The van der Waals surface area contributed by atoms with Crippen LogP contribution in [0.3, 0.4) is 0 Å². The van der Waals surface area contributed by atoms with Crippen molar-refractivity contribution < 1.29 is 22.0 Å². The molecule has 0 saturated carbocycles. The number of halogens is 6. The van der Waals surface area contributed by atoms with Gasteiger partial charge in [-0.2, -0.15) is 18.4 Å². The summed E-state index contributed by atoms with van der Waals surface area (Å²) in [4.78, 5) is 3.41. The van der Waals surface area contributed by atoms with Crippen molar-refractivity contribution in [1.82, 2.24) is 4.98 Å². The van der Waals surface area contributed by atoms with Crippen LogP contribution >= 0.6 is 15.9 Å². The third kappa shape index (κ3) is 2.91. The minimum atomic E-state index is -4.93. The molecule has 1 aromatic heterocycles. The summed E-state index contributed by atoms with van der Waals surface area (Å²) in [5.74, 6) is 0. The van der Waals surface area contributed by atoms with Crippen molar-refractivity contribution in [1.29, 1.82) is 5.26 Å². The van der Waals surface area contributed by atoms with Crippen LogP contribution in [0, 0.1) is 11.3 Å². The first kappa shape index (κ1) is 13.8. The molecule has 0 bridgehead atoms. The van der Waals surface area contributed by atoms with Gasteiger partial charge >= 0.3 is 6.18 Å². The third-order valence-electron chi connectivity index (χ3n) is 1.89. The van der Waals surface area contributed by atoms with Gasteiger partial charge in [-0.1, -0.05) is 0 Å². The van der Waals surface area contributed by atoms with Crippen LogP contribution in [0.2, 0.25) is 0 Å². The molecule has 0 unspecified atom stereocenters. The van der Waals surface area contributed by atoms with E-state index in [9.17, 15) is 22.0 Å². The van der Waals surface area contributed by atoms with Gasteiger partial charge in [0, 0.05) is 11.8 Å².